The smallest absolute Gasteiger partial charge is 0.338 e. The van der Waals surface area contributed by atoms with Crippen molar-refractivity contribution in [3.8, 4) is 0 Å². The van der Waals surface area contributed by atoms with Crippen molar-refractivity contribution in [3.05, 3.63) is 58.1 Å². The topological polar surface area (TPSA) is 63.7 Å². The van der Waals surface area contributed by atoms with Crippen molar-refractivity contribution in [2.24, 2.45) is 0 Å². The van der Waals surface area contributed by atoms with Gasteiger partial charge in [0.25, 0.3) is 10.0 Å². The fraction of sp³-hybridized carbons (Fsp3) is 0.188. The molecule has 9 heteroatoms. The fourth-order valence-corrected chi connectivity index (χ4v) is 4.29. The molecule has 0 amide bonds. The van der Waals surface area contributed by atoms with Crippen LogP contribution in [0.2, 0.25) is 0 Å². The molecule has 25 heavy (non-hydrogen) atoms. The van der Waals surface area contributed by atoms with Crippen molar-refractivity contribution in [2.75, 3.05) is 18.0 Å². The number of nitrogens with zero attached hydrogens (tertiary/aromatic N) is 1. The van der Waals surface area contributed by atoms with Crippen LogP contribution in [-0.4, -0.2) is 28.0 Å². The Morgan fingerprint density at radius 3 is 2.48 bits per heavy atom. The van der Waals surface area contributed by atoms with E-state index in [0.717, 1.165) is 25.2 Å². The lowest BCUT2D eigenvalue weighted by Gasteiger charge is -2.21. The largest absolute Gasteiger partial charge is 0.462 e. The quantitative estimate of drug-likeness (QED) is 0.673. The van der Waals surface area contributed by atoms with Crippen molar-refractivity contribution in [3.63, 3.8) is 0 Å². The van der Waals surface area contributed by atoms with Crippen molar-refractivity contribution in [1.29, 1.82) is 0 Å². The summed E-state index contributed by atoms with van der Waals surface area (Å²) in [5.74, 6) is -2.25. The summed E-state index contributed by atoms with van der Waals surface area (Å²) in [7, 11) is -3.08. The first-order valence-corrected chi connectivity index (χ1v) is 9.32. The van der Waals surface area contributed by atoms with E-state index >= 15 is 0 Å². The summed E-state index contributed by atoms with van der Waals surface area (Å²) >= 11 is 3.09. The molecule has 0 saturated carbocycles. The number of hydrogen-bond donors (Lipinski definition) is 0. The summed E-state index contributed by atoms with van der Waals surface area (Å²) in [6.07, 6.45) is 0. The molecule has 0 radical (unpaired) electrons. The molecule has 0 N–H and O–H groups in total. The molecule has 0 fully saturated rings. The second kappa shape index (κ2) is 7.49. The minimum absolute atomic E-state index is 0.0988. The van der Waals surface area contributed by atoms with Crippen molar-refractivity contribution < 1.29 is 26.7 Å². The van der Waals surface area contributed by atoms with Gasteiger partial charge in [-0.1, -0.05) is 0 Å². The summed E-state index contributed by atoms with van der Waals surface area (Å²) in [4.78, 5) is 11.5. The average molecular weight is 434 g/mol. The molecule has 0 aromatic heterocycles. The number of benzene rings is 2. The predicted molar refractivity (Wildman–Crippen MR) is 92.0 cm³/mol. The van der Waals surface area contributed by atoms with Gasteiger partial charge in [-0.05, 0) is 53.2 Å². The van der Waals surface area contributed by atoms with Gasteiger partial charge in [0.1, 0.15) is 16.5 Å². The summed E-state index contributed by atoms with van der Waals surface area (Å²) in [6.45, 7) is 1.83. The van der Waals surface area contributed by atoms with E-state index in [1.54, 1.807) is 6.92 Å². The Bertz CT molecular complexity index is 918. The van der Waals surface area contributed by atoms with Crippen LogP contribution in [-0.2, 0) is 14.8 Å². The van der Waals surface area contributed by atoms with Gasteiger partial charge in [0, 0.05) is 17.6 Å². The van der Waals surface area contributed by atoms with Crippen LogP contribution in [0.3, 0.4) is 0 Å². The van der Waals surface area contributed by atoms with Crippen LogP contribution >= 0.6 is 15.9 Å². The zero-order chi connectivity index (χ0) is 18.8. The van der Waals surface area contributed by atoms with Crippen LogP contribution in [0.25, 0.3) is 0 Å². The minimum atomic E-state index is -4.19. The lowest BCUT2D eigenvalue weighted by Crippen LogP contribution is -2.28. The maximum atomic E-state index is 13.9. The zero-order valence-corrected chi connectivity index (χ0v) is 15.7. The molecule has 0 atom stereocenters. The lowest BCUT2D eigenvalue weighted by atomic mass is 10.2. The molecule has 0 aliphatic rings. The van der Waals surface area contributed by atoms with Gasteiger partial charge >= 0.3 is 5.97 Å². The molecule has 0 bridgehead atoms. The first-order valence-electron chi connectivity index (χ1n) is 7.09. The molecule has 0 heterocycles. The van der Waals surface area contributed by atoms with Crippen LogP contribution in [0.15, 0.2) is 45.8 Å². The predicted octanol–water partition coefficient (Wildman–Crippen LogP) is 3.73. The van der Waals surface area contributed by atoms with Gasteiger partial charge in [0.15, 0.2) is 0 Å². The normalized spacial score (nSPS) is 11.2. The molecule has 0 spiro atoms. The van der Waals surface area contributed by atoms with Crippen LogP contribution < -0.4 is 4.31 Å². The highest BCUT2D eigenvalue weighted by atomic mass is 79.9. The maximum absolute atomic E-state index is 13.9. The Balaban J connectivity index is 2.45. The number of sulfonamides is 1. The van der Waals surface area contributed by atoms with Gasteiger partial charge in [-0.25, -0.2) is 22.0 Å². The molecule has 2 rings (SSSR count). The van der Waals surface area contributed by atoms with Gasteiger partial charge in [0.05, 0.1) is 17.9 Å². The third-order valence-electron chi connectivity index (χ3n) is 3.33. The highest BCUT2D eigenvalue weighted by Gasteiger charge is 2.27. The molecule has 2 aromatic carbocycles. The van der Waals surface area contributed by atoms with Crippen LogP contribution in [0.4, 0.5) is 14.5 Å². The molecule has 5 nitrogen and oxygen atoms in total. The van der Waals surface area contributed by atoms with E-state index in [1.807, 2.05) is 0 Å². The summed E-state index contributed by atoms with van der Waals surface area (Å²) < 4.78 is 58.2. The zero-order valence-electron chi connectivity index (χ0n) is 13.3. The molecular formula is C16H14BrF2NO4S. The molecular weight excluding hydrogens is 420 g/mol. The SMILES string of the molecule is CCOC(=O)c1ccc(S(=O)(=O)N(C)c2cc(F)ccc2F)c(Br)c1. The Kier molecular flexibility index (Phi) is 5.79. The second-order valence-electron chi connectivity index (χ2n) is 4.93. The number of halogens is 3. The van der Waals surface area contributed by atoms with Crippen LogP contribution in [0.1, 0.15) is 17.3 Å². The van der Waals surface area contributed by atoms with Gasteiger partial charge in [0.2, 0.25) is 0 Å². The van der Waals surface area contributed by atoms with E-state index < -0.39 is 33.3 Å². The maximum Gasteiger partial charge on any atom is 0.338 e. The molecule has 0 unspecified atom stereocenters. The molecule has 0 aliphatic heterocycles. The average Bonchev–Trinajstić information content (AvgIpc) is 2.56. The molecule has 0 aliphatic carbocycles. The highest BCUT2D eigenvalue weighted by Crippen LogP contribution is 2.30. The van der Waals surface area contributed by atoms with E-state index in [-0.39, 0.29) is 21.5 Å². The monoisotopic (exact) mass is 433 g/mol. The summed E-state index contributed by atoms with van der Waals surface area (Å²) in [5.41, 5.74) is -0.270. The fourth-order valence-electron chi connectivity index (χ4n) is 2.06. The third kappa shape index (κ3) is 3.98. The Labute approximate surface area is 152 Å². The minimum Gasteiger partial charge on any atom is -0.462 e. The first-order chi connectivity index (χ1) is 11.7. The number of carbonyl (C=O) groups excluding carboxylic acids is 1. The van der Waals surface area contributed by atoms with E-state index in [4.69, 9.17) is 4.74 Å². The molecule has 134 valence electrons. The second-order valence-corrected chi connectivity index (χ2v) is 7.73. The summed E-state index contributed by atoms with van der Waals surface area (Å²) in [6, 6.07) is 6.29. The Morgan fingerprint density at radius 1 is 1.20 bits per heavy atom. The number of anilines is 1. The van der Waals surface area contributed by atoms with E-state index in [1.165, 1.54) is 18.2 Å². The van der Waals surface area contributed by atoms with E-state index in [2.05, 4.69) is 15.9 Å². The standard InChI is InChI=1S/C16H14BrF2NO4S/c1-3-24-16(21)10-4-7-15(12(17)8-10)25(22,23)20(2)14-9-11(18)5-6-13(14)19/h4-9H,3H2,1-2H3. The number of ether oxygens (including phenoxy) is 1. The number of esters is 1. The van der Waals surface area contributed by atoms with Crippen molar-refractivity contribution in [2.45, 2.75) is 11.8 Å². The van der Waals surface area contributed by atoms with Crippen molar-refractivity contribution in [1.82, 2.24) is 0 Å². The van der Waals surface area contributed by atoms with Gasteiger partial charge in [-0.2, -0.15) is 0 Å². The lowest BCUT2D eigenvalue weighted by molar-refractivity contribution is 0.0526. The van der Waals surface area contributed by atoms with Gasteiger partial charge < -0.3 is 4.74 Å². The number of hydrogen-bond acceptors (Lipinski definition) is 4. The van der Waals surface area contributed by atoms with E-state index in [9.17, 15) is 22.0 Å². The molecule has 2 aromatic rings. The van der Waals surface area contributed by atoms with Gasteiger partial charge in [-0.3, -0.25) is 4.31 Å². The number of rotatable bonds is 5. The first kappa shape index (κ1) is 19.3. The van der Waals surface area contributed by atoms with Crippen LogP contribution in [0.5, 0.6) is 0 Å². The third-order valence-corrected chi connectivity index (χ3v) is 6.08. The van der Waals surface area contributed by atoms with Crippen molar-refractivity contribution >= 4 is 37.6 Å². The molecule has 0 saturated heterocycles. The summed E-state index contributed by atoms with van der Waals surface area (Å²) in [5, 5.41) is 0. The van der Waals surface area contributed by atoms with Crippen LogP contribution in [0, 0.1) is 11.6 Å². The van der Waals surface area contributed by atoms with E-state index in [0.29, 0.717) is 4.31 Å². The van der Waals surface area contributed by atoms with Gasteiger partial charge in [-0.15, -0.1) is 0 Å². The highest BCUT2D eigenvalue weighted by molar-refractivity contribution is 9.10. The Hall–Kier alpha value is -2.00. The Morgan fingerprint density at radius 2 is 1.88 bits per heavy atom. The number of carbonyl (C=O) groups is 1.